The second-order valence-electron chi connectivity index (χ2n) is 7.34. The van der Waals surface area contributed by atoms with Crippen LogP contribution < -0.4 is 16.0 Å². The SMILES string of the molecule is CC(C)CCNC(=O)C1CCCN1.O=CNCCc1ccc2cc[nH]c2c1. The van der Waals surface area contributed by atoms with Crippen LogP contribution in [0.2, 0.25) is 0 Å². The third kappa shape index (κ3) is 7.43. The largest absolute Gasteiger partial charge is 0.361 e. The van der Waals surface area contributed by atoms with E-state index in [-0.39, 0.29) is 11.9 Å². The molecule has 1 unspecified atom stereocenters. The number of carbonyl (C=O) groups is 2. The molecular formula is C21H32N4O2. The van der Waals surface area contributed by atoms with E-state index in [0.717, 1.165) is 50.7 Å². The third-order valence-corrected chi connectivity index (χ3v) is 4.66. The van der Waals surface area contributed by atoms with E-state index in [0.29, 0.717) is 12.5 Å². The maximum Gasteiger partial charge on any atom is 0.237 e. The van der Waals surface area contributed by atoms with Gasteiger partial charge in [-0.15, -0.1) is 0 Å². The number of aromatic amines is 1. The summed E-state index contributed by atoms with van der Waals surface area (Å²) in [6.07, 6.45) is 6.72. The molecule has 2 heterocycles. The zero-order chi connectivity index (χ0) is 19.5. The van der Waals surface area contributed by atoms with E-state index >= 15 is 0 Å². The Balaban J connectivity index is 0.000000194. The van der Waals surface area contributed by atoms with Gasteiger partial charge in [0.2, 0.25) is 12.3 Å². The molecule has 6 nitrogen and oxygen atoms in total. The monoisotopic (exact) mass is 372 g/mol. The number of benzene rings is 1. The van der Waals surface area contributed by atoms with Crippen molar-refractivity contribution in [2.75, 3.05) is 19.6 Å². The number of aromatic nitrogens is 1. The fourth-order valence-electron chi connectivity index (χ4n) is 3.04. The summed E-state index contributed by atoms with van der Waals surface area (Å²) in [6.45, 7) is 6.83. The molecule has 1 aromatic heterocycles. The summed E-state index contributed by atoms with van der Waals surface area (Å²) < 4.78 is 0. The molecule has 0 saturated carbocycles. The summed E-state index contributed by atoms with van der Waals surface area (Å²) in [4.78, 5) is 24.7. The molecule has 2 aromatic rings. The molecular weight excluding hydrogens is 340 g/mol. The highest BCUT2D eigenvalue weighted by Crippen LogP contribution is 2.14. The van der Waals surface area contributed by atoms with E-state index in [1.165, 1.54) is 10.9 Å². The standard InChI is InChI=1S/C11H12N2O.C10H20N2O/c14-8-12-5-3-9-1-2-10-4-6-13-11(10)7-9;1-8(2)5-7-12-10(13)9-4-3-6-11-9/h1-2,4,6-8,13H,3,5H2,(H,12,14);8-9,11H,3-7H2,1-2H3,(H,12,13). The van der Waals surface area contributed by atoms with Crippen LogP contribution in [0.1, 0.15) is 38.7 Å². The normalized spacial score (nSPS) is 16.0. The van der Waals surface area contributed by atoms with Gasteiger partial charge in [-0.1, -0.05) is 26.0 Å². The first-order valence-corrected chi connectivity index (χ1v) is 9.84. The Labute approximate surface area is 161 Å². The minimum atomic E-state index is 0.0761. The Morgan fingerprint density at radius 2 is 2.15 bits per heavy atom. The molecule has 0 spiro atoms. The second kappa shape index (κ2) is 11.4. The molecule has 1 aliphatic heterocycles. The number of hydrogen-bond donors (Lipinski definition) is 4. The van der Waals surface area contributed by atoms with Crippen molar-refractivity contribution in [3.63, 3.8) is 0 Å². The van der Waals surface area contributed by atoms with Gasteiger partial charge in [0, 0.05) is 24.8 Å². The number of nitrogens with one attached hydrogen (secondary N) is 4. The van der Waals surface area contributed by atoms with Crippen molar-refractivity contribution in [2.24, 2.45) is 5.92 Å². The van der Waals surface area contributed by atoms with Crippen molar-refractivity contribution < 1.29 is 9.59 Å². The minimum Gasteiger partial charge on any atom is -0.361 e. The van der Waals surface area contributed by atoms with Crippen LogP contribution in [0.15, 0.2) is 30.5 Å². The van der Waals surface area contributed by atoms with Crippen molar-refractivity contribution in [3.05, 3.63) is 36.0 Å². The Bertz CT molecular complexity index is 705. The highest BCUT2D eigenvalue weighted by Gasteiger charge is 2.21. The van der Waals surface area contributed by atoms with Gasteiger partial charge in [-0.3, -0.25) is 9.59 Å². The molecule has 1 aromatic carbocycles. The maximum absolute atomic E-state index is 11.5. The molecule has 27 heavy (non-hydrogen) atoms. The van der Waals surface area contributed by atoms with Crippen LogP contribution in [0.4, 0.5) is 0 Å². The Hall–Kier alpha value is -2.34. The van der Waals surface area contributed by atoms with Crippen LogP contribution in [0.5, 0.6) is 0 Å². The molecule has 4 N–H and O–H groups in total. The lowest BCUT2D eigenvalue weighted by Gasteiger charge is -2.11. The molecule has 1 aliphatic rings. The number of H-pyrrole nitrogens is 1. The van der Waals surface area contributed by atoms with E-state index in [4.69, 9.17) is 0 Å². The highest BCUT2D eigenvalue weighted by atomic mass is 16.2. The minimum absolute atomic E-state index is 0.0761. The molecule has 0 radical (unpaired) electrons. The molecule has 148 valence electrons. The van der Waals surface area contributed by atoms with Crippen LogP contribution in [-0.4, -0.2) is 43.0 Å². The van der Waals surface area contributed by atoms with E-state index in [2.05, 4.69) is 53.0 Å². The van der Waals surface area contributed by atoms with E-state index in [9.17, 15) is 9.59 Å². The van der Waals surface area contributed by atoms with Crippen molar-refractivity contribution in [3.8, 4) is 0 Å². The fourth-order valence-corrected chi connectivity index (χ4v) is 3.04. The summed E-state index contributed by atoms with van der Waals surface area (Å²) >= 11 is 0. The van der Waals surface area contributed by atoms with Gasteiger partial charge in [0.1, 0.15) is 0 Å². The maximum atomic E-state index is 11.5. The number of rotatable bonds is 8. The van der Waals surface area contributed by atoms with Gasteiger partial charge in [-0.25, -0.2) is 0 Å². The van der Waals surface area contributed by atoms with Crippen molar-refractivity contribution >= 4 is 23.2 Å². The van der Waals surface area contributed by atoms with Crippen molar-refractivity contribution in [1.82, 2.24) is 20.9 Å². The summed E-state index contributed by atoms with van der Waals surface area (Å²) in [5.41, 5.74) is 2.38. The quantitative estimate of drug-likeness (QED) is 0.424. The van der Waals surface area contributed by atoms with E-state index in [1.54, 1.807) is 0 Å². The first-order chi connectivity index (χ1) is 13.1. The molecule has 6 heteroatoms. The average Bonchev–Trinajstić information content (AvgIpc) is 3.33. The Morgan fingerprint density at radius 1 is 1.30 bits per heavy atom. The van der Waals surface area contributed by atoms with Gasteiger partial charge in [0.15, 0.2) is 0 Å². The number of carbonyl (C=O) groups excluding carboxylic acids is 2. The molecule has 0 aliphatic carbocycles. The summed E-state index contributed by atoms with van der Waals surface area (Å²) in [5.74, 6) is 0.843. The predicted octanol–water partition coefficient (Wildman–Crippen LogP) is 2.36. The van der Waals surface area contributed by atoms with Gasteiger partial charge in [0.05, 0.1) is 6.04 Å². The molecule has 1 fully saturated rings. The predicted molar refractivity (Wildman–Crippen MR) is 110 cm³/mol. The van der Waals surface area contributed by atoms with E-state index < -0.39 is 0 Å². The number of hydrogen-bond acceptors (Lipinski definition) is 3. The number of amides is 2. The van der Waals surface area contributed by atoms with Crippen LogP contribution in [0, 0.1) is 5.92 Å². The van der Waals surface area contributed by atoms with E-state index in [1.807, 2.05) is 12.3 Å². The summed E-state index contributed by atoms with van der Waals surface area (Å²) in [7, 11) is 0. The first kappa shape index (κ1) is 21.0. The Morgan fingerprint density at radius 3 is 2.85 bits per heavy atom. The van der Waals surface area contributed by atoms with Gasteiger partial charge in [-0.2, -0.15) is 0 Å². The molecule has 0 bridgehead atoms. The van der Waals surface area contributed by atoms with Crippen molar-refractivity contribution in [2.45, 2.75) is 45.6 Å². The summed E-state index contributed by atoms with van der Waals surface area (Å²) in [6, 6.07) is 8.40. The van der Waals surface area contributed by atoms with Gasteiger partial charge in [-0.05, 0) is 61.2 Å². The zero-order valence-corrected chi connectivity index (χ0v) is 16.4. The lowest BCUT2D eigenvalue weighted by Crippen LogP contribution is -2.40. The lowest BCUT2D eigenvalue weighted by atomic mass is 10.1. The topological polar surface area (TPSA) is 86.0 Å². The smallest absolute Gasteiger partial charge is 0.237 e. The van der Waals surface area contributed by atoms with Gasteiger partial charge >= 0.3 is 0 Å². The average molecular weight is 373 g/mol. The van der Waals surface area contributed by atoms with Crippen molar-refractivity contribution in [1.29, 1.82) is 0 Å². The van der Waals surface area contributed by atoms with Crippen LogP contribution in [-0.2, 0) is 16.0 Å². The van der Waals surface area contributed by atoms with Crippen LogP contribution >= 0.6 is 0 Å². The van der Waals surface area contributed by atoms with Gasteiger partial charge < -0.3 is 20.9 Å². The lowest BCUT2D eigenvalue weighted by molar-refractivity contribution is -0.122. The van der Waals surface area contributed by atoms with Crippen LogP contribution in [0.25, 0.3) is 10.9 Å². The highest BCUT2D eigenvalue weighted by molar-refractivity contribution is 5.82. The molecule has 3 rings (SSSR count). The summed E-state index contributed by atoms with van der Waals surface area (Å²) in [5, 5.41) is 10.0. The first-order valence-electron chi connectivity index (χ1n) is 9.84. The van der Waals surface area contributed by atoms with Gasteiger partial charge in [0.25, 0.3) is 0 Å². The second-order valence-corrected chi connectivity index (χ2v) is 7.34. The molecule has 1 atom stereocenters. The Kier molecular flexibility index (Phi) is 8.84. The number of fused-ring (bicyclic) bond motifs is 1. The fraction of sp³-hybridized carbons (Fsp3) is 0.524. The molecule has 2 amide bonds. The van der Waals surface area contributed by atoms with Crippen LogP contribution in [0.3, 0.4) is 0 Å². The third-order valence-electron chi connectivity index (χ3n) is 4.66. The zero-order valence-electron chi connectivity index (χ0n) is 16.4. The molecule has 1 saturated heterocycles.